The van der Waals surface area contributed by atoms with E-state index in [0.29, 0.717) is 30.3 Å². The second-order valence-corrected chi connectivity index (χ2v) is 7.12. The molecule has 0 radical (unpaired) electrons. The lowest BCUT2D eigenvalue weighted by atomic mass is 9.95. The second kappa shape index (κ2) is 8.87. The van der Waals surface area contributed by atoms with Gasteiger partial charge in [0.25, 0.3) is 0 Å². The summed E-state index contributed by atoms with van der Waals surface area (Å²) in [6.07, 6.45) is 0.146. The Kier molecular flexibility index (Phi) is 6.29. The number of fused-ring (bicyclic) bond motifs is 1. The van der Waals surface area contributed by atoms with E-state index in [-0.39, 0.29) is 36.5 Å². The predicted octanol–water partition coefficient (Wildman–Crippen LogP) is 4.07. The highest BCUT2D eigenvalue weighted by molar-refractivity contribution is 5.97. The molecule has 0 bridgehead atoms. The molecule has 0 spiro atoms. The van der Waals surface area contributed by atoms with Crippen molar-refractivity contribution in [1.29, 1.82) is 0 Å². The zero-order valence-corrected chi connectivity index (χ0v) is 16.0. The molecule has 0 fully saturated rings. The van der Waals surface area contributed by atoms with Crippen LogP contribution in [0.25, 0.3) is 0 Å². The van der Waals surface area contributed by atoms with E-state index in [1.165, 1.54) is 24.3 Å². The standard InChI is InChI=1S/C22H24FNO4/c1-14(2)22(16-5-9-19-20(13-16)28-12-11-27-19)24-21(26)10-8-18(25)15-3-6-17(23)7-4-15/h3-7,9,13-14,22H,8,10-12H2,1-2H3,(H,24,26). The van der Waals surface area contributed by atoms with Crippen LogP contribution in [0.2, 0.25) is 0 Å². The van der Waals surface area contributed by atoms with Crippen LogP contribution in [0.4, 0.5) is 4.39 Å². The Balaban J connectivity index is 1.61. The normalized spacial score (nSPS) is 13.9. The van der Waals surface area contributed by atoms with Gasteiger partial charge in [0.05, 0.1) is 6.04 Å². The molecule has 0 saturated heterocycles. The number of halogens is 1. The lowest BCUT2D eigenvalue weighted by Crippen LogP contribution is -2.32. The fourth-order valence-corrected chi connectivity index (χ4v) is 3.14. The number of benzene rings is 2. The van der Waals surface area contributed by atoms with Crippen LogP contribution in [0.1, 0.15) is 48.7 Å². The van der Waals surface area contributed by atoms with E-state index in [2.05, 4.69) is 5.32 Å². The van der Waals surface area contributed by atoms with Crippen molar-refractivity contribution < 1.29 is 23.5 Å². The third-order valence-electron chi connectivity index (χ3n) is 4.65. The van der Waals surface area contributed by atoms with Crippen molar-refractivity contribution in [3.8, 4) is 11.5 Å². The fraction of sp³-hybridized carbons (Fsp3) is 0.364. The van der Waals surface area contributed by atoms with Gasteiger partial charge < -0.3 is 14.8 Å². The van der Waals surface area contributed by atoms with Crippen LogP contribution in [0.5, 0.6) is 11.5 Å². The lowest BCUT2D eigenvalue weighted by Gasteiger charge is -2.25. The van der Waals surface area contributed by atoms with Crippen LogP contribution in [0.3, 0.4) is 0 Å². The molecule has 5 nitrogen and oxygen atoms in total. The van der Waals surface area contributed by atoms with Gasteiger partial charge in [-0.05, 0) is 47.9 Å². The summed E-state index contributed by atoms with van der Waals surface area (Å²) in [5.41, 5.74) is 1.33. The molecule has 28 heavy (non-hydrogen) atoms. The van der Waals surface area contributed by atoms with Crippen molar-refractivity contribution in [2.45, 2.75) is 32.7 Å². The Labute approximate surface area is 163 Å². The maximum absolute atomic E-state index is 13.0. The molecule has 2 aromatic rings. The van der Waals surface area contributed by atoms with E-state index >= 15 is 0 Å². The Morgan fingerprint density at radius 2 is 1.68 bits per heavy atom. The van der Waals surface area contributed by atoms with Crippen LogP contribution in [0.15, 0.2) is 42.5 Å². The van der Waals surface area contributed by atoms with Gasteiger partial charge in [0.15, 0.2) is 17.3 Å². The Morgan fingerprint density at radius 1 is 1.00 bits per heavy atom. The Bertz CT molecular complexity index is 848. The van der Waals surface area contributed by atoms with Gasteiger partial charge in [-0.15, -0.1) is 0 Å². The largest absolute Gasteiger partial charge is 0.486 e. The molecule has 1 amide bonds. The van der Waals surface area contributed by atoms with Crippen LogP contribution in [-0.4, -0.2) is 24.9 Å². The summed E-state index contributed by atoms with van der Waals surface area (Å²) in [6, 6.07) is 10.8. The van der Waals surface area contributed by atoms with Gasteiger partial charge in [0.1, 0.15) is 19.0 Å². The van der Waals surface area contributed by atoms with Gasteiger partial charge >= 0.3 is 0 Å². The minimum atomic E-state index is -0.395. The molecule has 0 aromatic heterocycles. The average molecular weight is 385 g/mol. The van der Waals surface area contributed by atoms with Gasteiger partial charge in [0, 0.05) is 18.4 Å². The summed E-state index contributed by atoms with van der Waals surface area (Å²) >= 11 is 0. The van der Waals surface area contributed by atoms with E-state index in [1.807, 2.05) is 32.0 Å². The highest BCUT2D eigenvalue weighted by Crippen LogP contribution is 2.34. The number of carbonyl (C=O) groups excluding carboxylic acids is 2. The molecule has 1 heterocycles. The SMILES string of the molecule is CC(C)C(NC(=O)CCC(=O)c1ccc(F)cc1)c1ccc2c(c1)OCCO2. The summed E-state index contributed by atoms with van der Waals surface area (Å²) in [5.74, 6) is 0.747. The maximum atomic E-state index is 13.0. The zero-order valence-electron chi connectivity index (χ0n) is 16.0. The molecule has 1 aliphatic rings. The van der Waals surface area contributed by atoms with Crippen LogP contribution in [0, 0.1) is 11.7 Å². The Hall–Kier alpha value is -2.89. The van der Waals surface area contributed by atoms with Gasteiger partial charge in [-0.3, -0.25) is 9.59 Å². The van der Waals surface area contributed by atoms with Crippen LogP contribution < -0.4 is 14.8 Å². The molecule has 148 valence electrons. The number of hydrogen-bond donors (Lipinski definition) is 1. The van der Waals surface area contributed by atoms with E-state index in [9.17, 15) is 14.0 Å². The van der Waals surface area contributed by atoms with Crippen molar-refractivity contribution in [3.63, 3.8) is 0 Å². The summed E-state index contributed by atoms with van der Waals surface area (Å²) in [7, 11) is 0. The fourth-order valence-electron chi connectivity index (χ4n) is 3.14. The lowest BCUT2D eigenvalue weighted by molar-refractivity contribution is -0.122. The monoisotopic (exact) mass is 385 g/mol. The molecule has 3 rings (SSSR count). The van der Waals surface area contributed by atoms with Crippen molar-refractivity contribution >= 4 is 11.7 Å². The van der Waals surface area contributed by atoms with Gasteiger partial charge in [-0.2, -0.15) is 0 Å². The van der Waals surface area contributed by atoms with Gasteiger partial charge in [-0.25, -0.2) is 4.39 Å². The first-order valence-electron chi connectivity index (χ1n) is 9.41. The van der Waals surface area contributed by atoms with E-state index in [4.69, 9.17) is 9.47 Å². The maximum Gasteiger partial charge on any atom is 0.220 e. The molecule has 1 atom stereocenters. The number of amides is 1. The number of hydrogen-bond acceptors (Lipinski definition) is 4. The quantitative estimate of drug-likeness (QED) is 0.730. The molecule has 0 aliphatic carbocycles. The molecular weight excluding hydrogens is 361 g/mol. The van der Waals surface area contributed by atoms with Crippen LogP contribution >= 0.6 is 0 Å². The summed E-state index contributed by atoms with van der Waals surface area (Å²) in [5, 5.41) is 3.01. The first-order chi connectivity index (χ1) is 13.4. The Morgan fingerprint density at radius 3 is 2.36 bits per heavy atom. The number of ether oxygens (including phenoxy) is 2. The highest BCUT2D eigenvalue weighted by Gasteiger charge is 2.22. The number of nitrogens with one attached hydrogen (secondary N) is 1. The van der Waals surface area contributed by atoms with Crippen molar-refractivity contribution in [3.05, 3.63) is 59.4 Å². The number of ketones is 1. The molecule has 1 N–H and O–H groups in total. The molecule has 0 saturated carbocycles. The van der Waals surface area contributed by atoms with E-state index in [0.717, 1.165) is 5.56 Å². The highest BCUT2D eigenvalue weighted by atomic mass is 19.1. The zero-order chi connectivity index (χ0) is 20.1. The van der Waals surface area contributed by atoms with Crippen LogP contribution in [-0.2, 0) is 4.79 Å². The van der Waals surface area contributed by atoms with E-state index < -0.39 is 5.82 Å². The van der Waals surface area contributed by atoms with Crippen molar-refractivity contribution in [2.24, 2.45) is 5.92 Å². The molecule has 1 unspecified atom stereocenters. The summed E-state index contributed by atoms with van der Waals surface area (Å²) in [6.45, 7) is 5.07. The smallest absolute Gasteiger partial charge is 0.220 e. The minimum Gasteiger partial charge on any atom is -0.486 e. The van der Waals surface area contributed by atoms with Gasteiger partial charge in [-0.1, -0.05) is 19.9 Å². The molecular formula is C22H24FNO4. The minimum absolute atomic E-state index is 0.0728. The van der Waals surface area contributed by atoms with E-state index in [1.54, 1.807) is 0 Å². The van der Waals surface area contributed by atoms with Crippen molar-refractivity contribution in [1.82, 2.24) is 5.32 Å². The third-order valence-corrected chi connectivity index (χ3v) is 4.65. The first kappa shape index (κ1) is 19.9. The average Bonchev–Trinajstić information content (AvgIpc) is 2.70. The summed E-state index contributed by atoms with van der Waals surface area (Å²) in [4.78, 5) is 24.6. The number of carbonyl (C=O) groups is 2. The van der Waals surface area contributed by atoms with Crippen molar-refractivity contribution in [2.75, 3.05) is 13.2 Å². The topological polar surface area (TPSA) is 64.6 Å². The number of Topliss-reactive ketones (excluding diaryl/α,β-unsaturated/α-hetero) is 1. The molecule has 2 aromatic carbocycles. The number of rotatable bonds is 7. The second-order valence-electron chi connectivity index (χ2n) is 7.12. The molecule has 6 heteroatoms. The molecule has 1 aliphatic heterocycles. The third kappa shape index (κ3) is 4.88. The first-order valence-corrected chi connectivity index (χ1v) is 9.41. The summed E-state index contributed by atoms with van der Waals surface area (Å²) < 4.78 is 24.1. The predicted molar refractivity (Wildman–Crippen MR) is 103 cm³/mol. The van der Waals surface area contributed by atoms with Gasteiger partial charge in [0.2, 0.25) is 5.91 Å².